The van der Waals surface area contributed by atoms with E-state index < -0.39 is 36.4 Å². The average molecular weight is 1040 g/mol. The Labute approximate surface area is 431 Å². The Bertz CT molecular complexity index is 2870. The Morgan fingerprint density at radius 2 is 0.973 bits per heavy atom. The van der Waals surface area contributed by atoms with Crippen LogP contribution < -0.4 is 0 Å². The molecule has 17 nitrogen and oxygen atoms in total. The molecule has 0 fully saturated rings. The molecule has 0 amide bonds. The molecule has 0 spiro atoms. The number of alkyl halides is 1. The second-order valence-electron chi connectivity index (χ2n) is 16.3. The first-order valence-corrected chi connectivity index (χ1v) is 23.5. The molecule has 1 aromatic heterocycles. The van der Waals surface area contributed by atoms with Gasteiger partial charge in [-0.25, -0.2) is 0 Å². The summed E-state index contributed by atoms with van der Waals surface area (Å²) in [6.45, 7) is 1.46. The number of aliphatic hydroxyl groups excluding tert-OH is 3. The van der Waals surface area contributed by atoms with Crippen LogP contribution in [0.2, 0.25) is 0 Å². The second-order valence-corrected chi connectivity index (χ2v) is 16.3. The fourth-order valence-electron chi connectivity index (χ4n) is 8.08. The Balaban J connectivity index is 0.000000277. The molecule has 0 bridgehead atoms. The summed E-state index contributed by atoms with van der Waals surface area (Å²) in [6, 6.07) is 38.0. The number of furan rings is 1. The van der Waals surface area contributed by atoms with E-state index >= 15 is 0 Å². The first kappa shape index (κ1) is 61.0. The van der Waals surface area contributed by atoms with Crippen molar-refractivity contribution in [3.05, 3.63) is 166 Å². The highest BCUT2D eigenvalue weighted by Gasteiger charge is 2.23. The summed E-state index contributed by atoms with van der Waals surface area (Å²) in [5.41, 5.74) is 6.00. The van der Waals surface area contributed by atoms with Crippen LogP contribution in [0.15, 0.2) is 126 Å². The molecule has 0 aliphatic rings. The number of hydrogen-bond acceptors (Lipinski definition) is 14. The fourth-order valence-corrected chi connectivity index (χ4v) is 8.08. The van der Waals surface area contributed by atoms with Gasteiger partial charge in [-0.3, -0.25) is 38.0 Å². The van der Waals surface area contributed by atoms with Gasteiger partial charge in [0.2, 0.25) is 0 Å². The first-order chi connectivity index (χ1) is 36.4. The Hall–Kier alpha value is -8.32. The van der Waals surface area contributed by atoms with Gasteiger partial charge in [-0.15, -0.1) is 0 Å². The first-order valence-electron chi connectivity index (χ1n) is 23.5. The molecule has 2 unspecified atom stereocenters. The van der Waals surface area contributed by atoms with Crippen LogP contribution in [0, 0.1) is 5.92 Å². The van der Waals surface area contributed by atoms with Crippen LogP contribution in [0.1, 0.15) is 62.5 Å². The number of carbonyl (C=O) groups is 7. The number of halogens is 1. The lowest BCUT2D eigenvalue weighted by molar-refractivity contribution is -0.148. The number of benzene rings is 6. The topological polar surface area (TPSA) is 282 Å². The number of carboxylic acid groups (broad SMARTS) is 3. The number of aliphatic hydroxyl groups is 3. The molecule has 7 rings (SSSR count). The van der Waals surface area contributed by atoms with E-state index in [1.54, 1.807) is 24.3 Å². The average Bonchev–Trinajstić information content (AvgIpc) is 3.91. The Morgan fingerprint density at radius 3 is 1.35 bits per heavy atom. The Morgan fingerprint density at radius 1 is 0.533 bits per heavy atom. The van der Waals surface area contributed by atoms with Gasteiger partial charge in [0.05, 0.1) is 26.1 Å². The monoisotopic (exact) mass is 1040 g/mol. The summed E-state index contributed by atoms with van der Waals surface area (Å²) in [4.78, 5) is 74.3. The molecule has 398 valence electrons. The zero-order valence-electron chi connectivity index (χ0n) is 41.3. The molecule has 0 aliphatic heterocycles. The molecular weight excluding hydrogens is 976 g/mol. The molecule has 6 N–H and O–H groups in total. The minimum atomic E-state index is -1.17. The van der Waals surface area contributed by atoms with E-state index in [1.807, 2.05) is 78.9 Å². The predicted molar refractivity (Wildman–Crippen MR) is 276 cm³/mol. The van der Waals surface area contributed by atoms with Gasteiger partial charge in [-0.2, -0.15) is 0 Å². The van der Waals surface area contributed by atoms with Crippen molar-refractivity contribution in [2.45, 2.75) is 64.1 Å². The second kappa shape index (κ2) is 34.2. The van der Waals surface area contributed by atoms with E-state index in [0.29, 0.717) is 76.4 Å². The molecule has 18 heteroatoms. The highest BCUT2D eigenvalue weighted by atomic mass is 19.1. The fraction of sp³-hybridized carbons (Fsp3) is 0.281. The molecule has 0 saturated carbocycles. The summed E-state index contributed by atoms with van der Waals surface area (Å²) in [7, 11) is 0.500. The standard InChI is InChI=1S/C20H20O8.C16H16O4.C14H16O2.C6H6O3.CH3F/c21-11-27-10-16(28-12-22)8-14-6-5-13(17-3-1-2-4-18(14)17)7-15(20(25)26)9-19(23)24;17-11-20-10-9-13-6-5-12(7-8-16(18)19)14-3-1-2-4-15(13)14;15-9-7-11-5-6-12(8-10-16)14-4-2-1-3-13(11)14;7-3-5-1-2-6(4-8)9-5;1-2/h1-6,11-12,15-16H,7-10H2,(H,23,24)(H,25,26);1-6,11H,7-10H2,(H,18,19);1-6,15-16H,7-10H2;1-3,8H,4H2;1H3. The molecule has 0 saturated heterocycles. The van der Waals surface area contributed by atoms with Gasteiger partial charge in [0.25, 0.3) is 19.4 Å². The van der Waals surface area contributed by atoms with Crippen LogP contribution in [0.25, 0.3) is 32.3 Å². The summed E-state index contributed by atoms with van der Waals surface area (Å²) in [5, 5.41) is 59.7. The van der Waals surface area contributed by atoms with E-state index in [9.17, 15) is 43.1 Å². The maximum atomic E-state index is 11.4. The number of ether oxygens (including phenoxy) is 3. The van der Waals surface area contributed by atoms with Crippen molar-refractivity contribution in [3.8, 4) is 0 Å². The van der Waals surface area contributed by atoms with Crippen LogP contribution in [-0.2, 0) is 88.1 Å². The number of hydrogen-bond donors (Lipinski definition) is 6. The van der Waals surface area contributed by atoms with Gasteiger partial charge in [0.1, 0.15) is 25.1 Å². The third kappa shape index (κ3) is 19.9. The summed E-state index contributed by atoms with van der Waals surface area (Å²) < 4.78 is 28.6. The third-order valence-electron chi connectivity index (χ3n) is 11.5. The van der Waals surface area contributed by atoms with Gasteiger partial charge in [-0.05, 0) is 104 Å². The normalized spacial score (nSPS) is 11.1. The largest absolute Gasteiger partial charge is 0.481 e. The predicted octanol–water partition coefficient (Wildman–Crippen LogP) is 7.47. The minimum absolute atomic E-state index is 0.0744. The molecule has 1 heterocycles. The molecule has 7 aromatic rings. The smallest absolute Gasteiger partial charge is 0.307 e. The van der Waals surface area contributed by atoms with Gasteiger partial charge >= 0.3 is 17.9 Å². The number of aliphatic carboxylic acids is 3. The molecule has 0 radical (unpaired) electrons. The summed E-state index contributed by atoms with van der Waals surface area (Å²) in [5.74, 6) is -3.51. The molecule has 6 aromatic carbocycles. The number of aldehydes is 1. The van der Waals surface area contributed by atoms with E-state index in [0.717, 1.165) is 38.2 Å². The lowest BCUT2D eigenvalue weighted by Gasteiger charge is -2.18. The van der Waals surface area contributed by atoms with E-state index in [2.05, 4.69) is 16.9 Å². The lowest BCUT2D eigenvalue weighted by atomic mass is 9.90. The Kier molecular flexibility index (Phi) is 27.8. The van der Waals surface area contributed by atoms with Crippen molar-refractivity contribution in [1.82, 2.24) is 0 Å². The van der Waals surface area contributed by atoms with Crippen molar-refractivity contribution in [2.75, 3.05) is 33.6 Å². The SMILES string of the molecule is CF.O=COCC(Cc1ccc(CC(CC(=O)O)C(=O)O)c2ccccc12)OC=O.O=COCCc1ccc(CCC(=O)O)c2ccccc12.O=Cc1ccc(CO)o1.OCCc1ccc(CCO)c2ccccc12. The van der Waals surface area contributed by atoms with Crippen molar-refractivity contribution in [3.63, 3.8) is 0 Å². The third-order valence-corrected chi connectivity index (χ3v) is 11.5. The summed E-state index contributed by atoms with van der Waals surface area (Å²) in [6.07, 6.45) is 2.49. The summed E-state index contributed by atoms with van der Waals surface area (Å²) >= 11 is 0. The molecule has 2 atom stereocenters. The number of carboxylic acids is 3. The number of aryl methyl sites for hydroxylation is 1. The van der Waals surface area contributed by atoms with Crippen molar-refractivity contribution in [1.29, 1.82) is 0 Å². The van der Waals surface area contributed by atoms with Crippen LogP contribution in [0.4, 0.5) is 4.39 Å². The van der Waals surface area contributed by atoms with Crippen LogP contribution in [0.5, 0.6) is 0 Å². The van der Waals surface area contributed by atoms with Crippen LogP contribution in [-0.4, -0.2) is 114 Å². The van der Waals surface area contributed by atoms with Crippen LogP contribution in [0.3, 0.4) is 0 Å². The van der Waals surface area contributed by atoms with Crippen molar-refractivity contribution in [2.24, 2.45) is 5.92 Å². The maximum absolute atomic E-state index is 11.4. The van der Waals surface area contributed by atoms with E-state index in [1.165, 1.54) is 28.0 Å². The van der Waals surface area contributed by atoms with Gasteiger partial charge in [0, 0.05) is 32.5 Å². The van der Waals surface area contributed by atoms with Gasteiger partial charge in [0.15, 0.2) is 12.0 Å². The lowest BCUT2D eigenvalue weighted by Crippen LogP contribution is -2.22. The quantitative estimate of drug-likeness (QED) is 0.0184. The minimum Gasteiger partial charge on any atom is -0.481 e. The highest BCUT2D eigenvalue weighted by Crippen LogP contribution is 2.28. The number of carbonyl (C=O) groups excluding carboxylic acids is 4. The van der Waals surface area contributed by atoms with Gasteiger partial charge in [-0.1, -0.05) is 109 Å². The van der Waals surface area contributed by atoms with E-state index in [4.69, 9.17) is 39.4 Å². The number of fused-ring (bicyclic) bond motifs is 3. The highest BCUT2D eigenvalue weighted by molar-refractivity contribution is 5.91. The van der Waals surface area contributed by atoms with Crippen LogP contribution >= 0.6 is 0 Å². The molecule has 75 heavy (non-hydrogen) atoms. The molecular formula is C57H61FO17. The zero-order valence-corrected chi connectivity index (χ0v) is 41.3. The number of rotatable bonds is 25. The van der Waals surface area contributed by atoms with Gasteiger partial charge < -0.3 is 49.3 Å². The van der Waals surface area contributed by atoms with Crippen molar-refractivity contribution < 1.29 is 87.2 Å². The molecule has 0 aliphatic carbocycles. The van der Waals surface area contributed by atoms with Crippen molar-refractivity contribution >= 4 is 75.9 Å². The van der Waals surface area contributed by atoms with E-state index in [-0.39, 0.29) is 51.5 Å². The maximum Gasteiger partial charge on any atom is 0.307 e. The zero-order chi connectivity index (χ0) is 55.0.